The van der Waals surface area contributed by atoms with Crippen LogP contribution in [0.4, 0.5) is 10.5 Å². The summed E-state index contributed by atoms with van der Waals surface area (Å²) >= 11 is 5.72. The minimum Gasteiger partial charge on any atom is -0.478 e. The van der Waals surface area contributed by atoms with Crippen molar-refractivity contribution in [2.24, 2.45) is 0 Å². The van der Waals surface area contributed by atoms with E-state index in [0.717, 1.165) is 12.8 Å². The number of nitrogens with one attached hydrogen (secondary N) is 2. The molecule has 0 aliphatic carbocycles. The van der Waals surface area contributed by atoms with E-state index in [1.54, 1.807) is 0 Å². The molecule has 5 nitrogen and oxygen atoms in total. The summed E-state index contributed by atoms with van der Waals surface area (Å²) in [6.07, 6.45) is 7.38. The third-order valence-electron chi connectivity index (χ3n) is 2.49. The van der Waals surface area contributed by atoms with E-state index < -0.39 is 12.0 Å². The second kappa shape index (κ2) is 8.08. The van der Waals surface area contributed by atoms with Crippen molar-refractivity contribution in [3.8, 4) is 12.3 Å². The van der Waals surface area contributed by atoms with Gasteiger partial charge in [0.1, 0.15) is 0 Å². The van der Waals surface area contributed by atoms with Gasteiger partial charge in [0.25, 0.3) is 0 Å². The Kier molecular flexibility index (Phi) is 6.41. The average molecular weight is 295 g/mol. The zero-order valence-electron chi connectivity index (χ0n) is 10.8. The fraction of sp³-hybridized carbons (Fsp3) is 0.286. The Morgan fingerprint density at radius 3 is 2.75 bits per heavy atom. The second-order valence-electron chi connectivity index (χ2n) is 4.04. The van der Waals surface area contributed by atoms with E-state index in [1.807, 2.05) is 0 Å². The van der Waals surface area contributed by atoms with Gasteiger partial charge in [-0.2, -0.15) is 0 Å². The molecule has 3 N–H and O–H groups in total. The maximum Gasteiger partial charge on any atom is 0.337 e. The van der Waals surface area contributed by atoms with Crippen LogP contribution in [-0.4, -0.2) is 23.7 Å². The van der Waals surface area contributed by atoms with Crippen LogP contribution in [0.15, 0.2) is 18.2 Å². The molecule has 1 rings (SSSR count). The molecule has 0 aromatic heterocycles. The van der Waals surface area contributed by atoms with Crippen LogP contribution < -0.4 is 10.6 Å². The van der Waals surface area contributed by atoms with Gasteiger partial charge in [0.2, 0.25) is 0 Å². The quantitative estimate of drug-likeness (QED) is 0.557. The van der Waals surface area contributed by atoms with Crippen LogP contribution in [0.2, 0.25) is 5.02 Å². The number of carboxylic acids is 1. The Morgan fingerprint density at radius 2 is 2.10 bits per heavy atom. The maximum absolute atomic E-state index is 11.6. The minimum atomic E-state index is -1.16. The molecule has 2 amide bonds. The average Bonchev–Trinajstić information content (AvgIpc) is 2.40. The molecule has 20 heavy (non-hydrogen) atoms. The van der Waals surface area contributed by atoms with Gasteiger partial charge in [-0.05, 0) is 31.0 Å². The third-order valence-corrected chi connectivity index (χ3v) is 2.73. The number of halogens is 1. The van der Waals surface area contributed by atoms with Gasteiger partial charge in [0.05, 0.1) is 11.3 Å². The Bertz CT molecular complexity index is 538. The molecule has 6 heteroatoms. The monoisotopic (exact) mass is 294 g/mol. The fourth-order valence-electron chi connectivity index (χ4n) is 1.52. The third kappa shape index (κ3) is 5.21. The molecule has 0 bridgehead atoms. The molecule has 0 spiro atoms. The summed E-state index contributed by atoms with van der Waals surface area (Å²) in [5.41, 5.74) is 0.142. The van der Waals surface area contributed by atoms with Crippen molar-refractivity contribution in [3.05, 3.63) is 28.8 Å². The van der Waals surface area contributed by atoms with Gasteiger partial charge in [-0.3, -0.25) is 0 Å². The van der Waals surface area contributed by atoms with E-state index in [-0.39, 0.29) is 11.3 Å². The number of urea groups is 1. The highest BCUT2D eigenvalue weighted by molar-refractivity contribution is 6.31. The largest absolute Gasteiger partial charge is 0.478 e. The van der Waals surface area contributed by atoms with Crippen LogP contribution in [-0.2, 0) is 0 Å². The molecule has 0 unspecified atom stereocenters. The van der Waals surface area contributed by atoms with Crippen LogP contribution in [0.25, 0.3) is 0 Å². The van der Waals surface area contributed by atoms with Gasteiger partial charge in [-0.25, -0.2) is 9.59 Å². The molecule has 0 fully saturated rings. The van der Waals surface area contributed by atoms with Crippen molar-refractivity contribution in [3.63, 3.8) is 0 Å². The molecule has 0 atom stereocenters. The van der Waals surface area contributed by atoms with Crippen LogP contribution in [0, 0.1) is 12.3 Å². The Hall–Kier alpha value is -2.19. The zero-order chi connectivity index (χ0) is 15.0. The van der Waals surface area contributed by atoms with Crippen molar-refractivity contribution in [1.29, 1.82) is 0 Å². The summed E-state index contributed by atoms with van der Waals surface area (Å²) < 4.78 is 0. The van der Waals surface area contributed by atoms with E-state index >= 15 is 0 Å². The number of unbranched alkanes of at least 4 members (excludes halogenated alkanes) is 2. The van der Waals surface area contributed by atoms with E-state index in [1.165, 1.54) is 18.2 Å². The number of carbonyl (C=O) groups is 2. The number of amides is 2. The van der Waals surface area contributed by atoms with E-state index in [4.69, 9.17) is 23.1 Å². The van der Waals surface area contributed by atoms with Gasteiger partial charge < -0.3 is 15.7 Å². The molecule has 106 valence electrons. The SMILES string of the molecule is C#CCCCCNC(=O)Nc1ccc(Cl)cc1C(=O)O. The molecule has 1 aromatic carbocycles. The second-order valence-corrected chi connectivity index (χ2v) is 4.47. The van der Waals surface area contributed by atoms with E-state index in [9.17, 15) is 9.59 Å². The normalized spacial score (nSPS) is 9.60. The number of benzene rings is 1. The lowest BCUT2D eigenvalue weighted by molar-refractivity contribution is 0.0698. The summed E-state index contributed by atoms with van der Waals surface area (Å²) in [7, 11) is 0. The Balaban J connectivity index is 2.54. The predicted molar refractivity (Wildman–Crippen MR) is 78.1 cm³/mol. The van der Waals surface area contributed by atoms with Crippen LogP contribution in [0.1, 0.15) is 29.6 Å². The lowest BCUT2D eigenvalue weighted by atomic mass is 10.2. The highest BCUT2D eigenvalue weighted by Gasteiger charge is 2.12. The van der Waals surface area contributed by atoms with Crippen molar-refractivity contribution < 1.29 is 14.7 Å². The summed E-state index contributed by atoms with van der Waals surface area (Å²) in [4.78, 5) is 22.7. The summed E-state index contributed by atoms with van der Waals surface area (Å²) in [6, 6.07) is 3.78. The number of aromatic carboxylic acids is 1. The predicted octanol–water partition coefficient (Wildman–Crippen LogP) is 2.96. The fourth-order valence-corrected chi connectivity index (χ4v) is 1.70. The number of hydrogen-bond acceptors (Lipinski definition) is 2. The molecule has 0 saturated heterocycles. The first-order valence-corrected chi connectivity index (χ1v) is 6.43. The topological polar surface area (TPSA) is 78.4 Å². The molecule has 0 radical (unpaired) electrons. The first kappa shape index (κ1) is 15.9. The first-order valence-electron chi connectivity index (χ1n) is 6.05. The minimum absolute atomic E-state index is 0.0556. The van der Waals surface area contributed by atoms with E-state index in [0.29, 0.717) is 18.0 Å². The number of carbonyl (C=O) groups excluding carboxylic acids is 1. The highest BCUT2D eigenvalue weighted by Crippen LogP contribution is 2.20. The standard InChI is InChI=1S/C14H15ClN2O3/c1-2-3-4-5-8-16-14(20)17-12-7-6-10(15)9-11(12)13(18)19/h1,6-7,9H,3-5,8H2,(H,18,19)(H2,16,17,20). The van der Waals surface area contributed by atoms with Gasteiger partial charge in [0, 0.05) is 18.0 Å². The van der Waals surface area contributed by atoms with Crippen molar-refractivity contribution >= 4 is 29.3 Å². The molecule has 0 saturated carbocycles. The smallest absolute Gasteiger partial charge is 0.337 e. The number of anilines is 1. The van der Waals surface area contributed by atoms with Gasteiger partial charge in [-0.1, -0.05) is 11.6 Å². The molecular formula is C14H15ClN2O3. The van der Waals surface area contributed by atoms with E-state index in [2.05, 4.69) is 16.6 Å². The van der Waals surface area contributed by atoms with Gasteiger partial charge >= 0.3 is 12.0 Å². The number of rotatable bonds is 6. The molecular weight excluding hydrogens is 280 g/mol. The summed E-state index contributed by atoms with van der Waals surface area (Å²) in [6.45, 7) is 0.476. The number of carboxylic acid groups (broad SMARTS) is 1. The van der Waals surface area contributed by atoms with Crippen molar-refractivity contribution in [1.82, 2.24) is 5.32 Å². The van der Waals surface area contributed by atoms with Crippen LogP contribution in [0.3, 0.4) is 0 Å². The molecule has 0 heterocycles. The number of hydrogen-bond donors (Lipinski definition) is 3. The number of terminal acetylenes is 1. The highest BCUT2D eigenvalue weighted by atomic mass is 35.5. The maximum atomic E-state index is 11.6. The van der Waals surface area contributed by atoms with Gasteiger partial charge in [-0.15, -0.1) is 12.3 Å². The zero-order valence-corrected chi connectivity index (χ0v) is 11.5. The Labute approximate surface area is 122 Å². The Morgan fingerprint density at radius 1 is 1.35 bits per heavy atom. The summed E-state index contributed by atoms with van der Waals surface area (Å²) in [5, 5.41) is 14.4. The van der Waals surface area contributed by atoms with Crippen molar-refractivity contribution in [2.45, 2.75) is 19.3 Å². The molecule has 0 aliphatic heterocycles. The molecule has 0 aliphatic rings. The first-order chi connectivity index (χ1) is 9.54. The van der Waals surface area contributed by atoms with Gasteiger partial charge in [0.15, 0.2) is 0 Å². The van der Waals surface area contributed by atoms with Crippen LogP contribution >= 0.6 is 11.6 Å². The molecule has 1 aromatic rings. The summed E-state index contributed by atoms with van der Waals surface area (Å²) in [5.74, 6) is 1.36. The van der Waals surface area contributed by atoms with Crippen molar-refractivity contribution in [2.75, 3.05) is 11.9 Å². The lowest BCUT2D eigenvalue weighted by Gasteiger charge is -2.10. The van der Waals surface area contributed by atoms with Crippen LogP contribution in [0.5, 0.6) is 0 Å². The lowest BCUT2D eigenvalue weighted by Crippen LogP contribution is -2.30.